The van der Waals surface area contributed by atoms with Crippen LogP contribution in [0.5, 0.6) is 0 Å². The Balaban J connectivity index is 2.15. The Kier molecular flexibility index (Phi) is 5.87. The number of hydrogen-bond acceptors (Lipinski definition) is 1. The standard InChI is InChI=1S/C15H17Br3N2/c1-10-15(18)14(20(2)19-10)8-11(9-16)7-12-5-3-4-6-13(12)17/h3-6,11H,7-9H2,1-2H3. The molecule has 1 unspecified atom stereocenters. The van der Waals surface area contributed by atoms with Crippen molar-refractivity contribution in [3.63, 3.8) is 0 Å². The maximum absolute atomic E-state index is 4.47. The van der Waals surface area contributed by atoms with Gasteiger partial charge in [-0.1, -0.05) is 50.1 Å². The smallest absolute Gasteiger partial charge is 0.0738 e. The first-order valence-electron chi connectivity index (χ1n) is 6.50. The second kappa shape index (κ2) is 7.23. The first-order chi connectivity index (χ1) is 9.52. The van der Waals surface area contributed by atoms with Crippen molar-refractivity contribution in [2.45, 2.75) is 19.8 Å². The van der Waals surface area contributed by atoms with Crippen LogP contribution in [0.4, 0.5) is 0 Å². The molecule has 0 aliphatic rings. The van der Waals surface area contributed by atoms with Gasteiger partial charge in [0, 0.05) is 16.9 Å². The molecule has 0 N–H and O–H groups in total. The Morgan fingerprint density at radius 2 is 1.90 bits per heavy atom. The van der Waals surface area contributed by atoms with Crippen molar-refractivity contribution in [2.75, 3.05) is 5.33 Å². The number of nitrogens with zero attached hydrogens (tertiary/aromatic N) is 2. The molecule has 1 aromatic heterocycles. The van der Waals surface area contributed by atoms with Gasteiger partial charge in [-0.15, -0.1) is 0 Å². The normalized spacial score (nSPS) is 12.7. The molecule has 0 bridgehead atoms. The van der Waals surface area contributed by atoms with Gasteiger partial charge in [0.2, 0.25) is 0 Å². The Morgan fingerprint density at radius 3 is 2.45 bits per heavy atom. The number of aromatic nitrogens is 2. The minimum atomic E-state index is 0.541. The van der Waals surface area contributed by atoms with Crippen molar-refractivity contribution in [3.05, 3.63) is 50.2 Å². The predicted octanol–water partition coefficient (Wildman–Crippen LogP) is 5.05. The minimum absolute atomic E-state index is 0.541. The Morgan fingerprint density at radius 1 is 1.20 bits per heavy atom. The number of hydrogen-bond donors (Lipinski definition) is 0. The molecule has 0 aliphatic carbocycles. The summed E-state index contributed by atoms with van der Waals surface area (Å²) in [7, 11) is 2.01. The molecule has 0 saturated carbocycles. The van der Waals surface area contributed by atoms with E-state index in [0.29, 0.717) is 5.92 Å². The van der Waals surface area contributed by atoms with Crippen LogP contribution in [0, 0.1) is 12.8 Å². The first kappa shape index (κ1) is 16.2. The zero-order chi connectivity index (χ0) is 14.7. The van der Waals surface area contributed by atoms with Gasteiger partial charge in [-0.25, -0.2) is 0 Å². The van der Waals surface area contributed by atoms with E-state index in [0.717, 1.165) is 28.3 Å². The third kappa shape index (κ3) is 3.74. The minimum Gasteiger partial charge on any atom is -0.271 e. The number of halogens is 3. The summed E-state index contributed by atoms with van der Waals surface area (Å²) in [5, 5.41) is 5.44. The second-order valence-corrected chi connectivity index (χ2v) is 7.28. The SMILES string of the molecule is Cc1nn(C)c(CC(CBr)Cc2ccccc2Br)c1Br. The monoisotopic (exact) mass is 462 g/mol. The molecule has 2 nitrogen and oxygen atoms in total. The topological polar surface area (TPSA) is 17.8 Å². The molecule has 20 heavy (non-hydrogen) atoms. The number of aryl methyl sites for hydroxylation is 2. The average Bonchev–Trinajstić information content (AvgIpc) is 2.66. The first-order valence-corrected chi connectivity index (χ1v) is 9.21. The molecule has 2 rings (SSSR count). The van der Waals surface area contributed by atoms with Gasteiger partial charge in [0.25, 0.3) is 0 Å². The summed E-state index contributed by atoms with van der Waals surface area (Å²) in [6.45, 7) is 2.03. The van der Waals surface area contributed by atoms with Crippen molar-refractivity contribution in [3.8, 4) is 0 Å². The van der Waals surface area contributed by atoms with Crippen LogP contribution in [-0.4, -0.2) is 15.1 Å². The number of rotatable bonds is 5. The summed E-state index contributed by atoms with van der Waals surface area (Å²) >= 11 is 10.9. The summed E-state index contributed by atoms with van der Waals surface area (Å²) in [4.78, 5) is 0. The van der Waals surface area contributed by atoms with Crippen molar-refractivity contribution in [2.24, 2.45) is 13.0 Å². The third-order valence-electron chi connectivity index (χ3n) is 3.43. The van der Waals surface area contributed by atoms with Crippen LogP contribution in [0.15, 0.2) is 33.2 Å². The molecule has 0 aliphatic heterocycles. The van der Waals surface area contributed by atoms with Crippen molar-refractivity contribution >= 4 is 47.8 Å². The van der Waals surface area contributed by atoms with E-state index in [4.69, 9.17) is 0 Å². The highest BCUT2D eigenvalue weighted by molar-refractivity contribution is 9.11. The van der Waals surface area contributed by atoms with Crippen molar-refractivity contribution in [1.82, 2.24) is 9.78 Å². The summed E-state index contributed by atoms with van der Waals surface area (Å²) in [5.41, 5.74) is 3.67. The van der Waals surface area contributed by atoms with Gasteiger partial charge >= 0.3 is 0 Å². The van der Waals surface area contributed by atoms with Crippen LogP contribution in [-0.2, 0) is 19.9 Å². The van der Waals surface area contributed by atoms with Crippen molar-refractivity contribution < 1.29 is 0 Å². The molecule has 0 radical (unpaired) electrons. The number of alkyl halides is 1. The lowest BCUT2D eigenvalue weighted by Gasteiger charge is -2.15. The quantitative estimate of drug-likeness (QED) is 0.566. The maximum atomic E-state index is 4.47. The molecule has 0 fully saturated rings. The largest absolute Gasteiger partial charge is 0.271 e. The van der Waals surface area contributed by atoms with Crippen LogP contribution in [0.25, 0.3) is 0 Å². The summed E-state index contributed by atoms with van der Waals surface area (Å²) in [6.07, 6.45) is 2.05. The van der Waals surface area contributed by atoms with E-state index in [1.165, 1.54) is 15.7 Å². The van der Waals surface area contributed by atoms with Crippen LogP contribution in [0.3, 0.4) is 0 Å². The predicted molar refractivity (Wildman–Crippen MR) is 94.5 cm³/mol. The maximum Gasteiger partial charge on any atom is 0.0738 e. The van der Waals surface area contributed by atoms with Gasteiger partial charge in [0.1, 0.15) is 0 Å². The molecule has 5 heteroatoms. The fourth-order valence-electron chi connectivity index (χ4n) is 2.33. The van der Waals surface area contributed by atoms with E-state index in [-0.39, 0.29) is 0 Å². The Labute approximate surface area is 145 Å². The Hall–Kier alpha value is -0.130. The molecule has 1 aromatic carbocycles. The molecule has 1 atom stereocenters. The van der Waals surface area contributed by atoms with Gasteiger partial charge < -0.3 is 0 Å². The van der Waals surface area contributed by atoms with E-state index in [1.54, 1.807) is 0 Å². The molecule has 0 spiro atoms. The van der Waals surface area contributed by atoms with E-state index < -0.39 is 0 Å². The van der Waals surface area contributed by atoms with Crippen molar-refractivity contribution in [1.29, 1.82) is 0 Å². The molecule has 0 saturated heterocycles. The molecule has 2 aromatic rings. The summed E-state index contributed by atoms with van der Waals surface area (Å²) in [6, 6.07) is 8.43. The van der Waals surface area contributed by atoms with Crippen LogP contribution >= 0.6 is 47.8 Å². The lowest BCUT2D eigenvalue weighted by atomic mass is 9.96. The van der Waals surface area contributed by atoms with Gasteiger partial charge in [0.15, 0.2) is 0 Å². The van der Waals surface area contributed by atoms with Crippen LogP contribution < -0.4 is 0 Å². The number of benzene rings is 1. The molecule has 108 valence electrons. The Bertz CT molecular complexity index is 593. The zero-order valence-corrected chi connectivity index (χ0v) is 16.3. The summed E-state index contributed by atoms with van der Waals surface area (Å²) < 4.78 is 4.30. The fourth-order valence-corrected chi connectivity index (χ4v) is 3.73. The van der Waals surface area contributed by atoms with Gasteiger partial charge in [-0.05, 0) is 53.2 Å². The van der Waals surface area contributed by atoms with E-state index in [2.05, 4.69) is 77.2 Å². The van der Waals surface area contributed by atoms with E-state index >= 15 is 0 Å². The van der Waals surface area contributed by atoms with Gasteiger partial charge in [-0.2, -0.15) is 5.10 Å². The third-order valence-corrected chi connectivity index (χ3v) is 6.15. The molecular weight excluding hydrogens is 448 g/mol. The highest BCUT2D eigenvalue weighted by atomic mass is 79.9. The molecule has 0 amide bonds. The second-order valence-electron chi connectivity index (χ2n) is 4.99. The highest BCUT2D eigenvalue weighted by Crippen LogP contribution is 2.27. The summed E-state index contributed by atoms with van der Waals surface area (Å²) in [5.74, 6) is 0.541. The lowest BCUT2D eigenvalue weighted by Crippen LogP contribution is -2.13. The van der Waals surface area contributed by atoms with Crippen LogP contribution in [0.1, 0.15) is 17.0 Å². The molecular formula is C15H17Br3N2. The molecule has 1 heterocycles. The van der Waals surface area contributed by atoms with E-state index in [1.807, 2.05) is 18.7 Å². The zero-order valence-electron chi connectivity index (χ0n) is 11.5. The lowest BCUT2D eigenvalue weighted by molar-refractivity contribution is 0.555. The van der Waals surface area contributed by atoms with Gasteiger partial charge in [-0.3, -0.25) is 4.68 Å². The fraction of sp³-hybridized carbons (Fsp3) is 0.400. The van der Waals surface area contributed by atoms with E-state index in [9.17, 15) is 0 Å². The highest BCUT2D eigenvalue weighted by Gasteiger charge is 2.17. The average molecular weight is 465 g/mol. The van der Waals surface area contributed by atoms with Gasteiger partial charge in [0.05, 0.1) is 15.9 Å². The van der Waals surface area contributed by atoms with Crippen LogP contribution in [0.2, 0.25) is 0 Å².